The summed E-state index contributed by atoms with van der Waals surface area (Å²) >= 11 is 1.70. The van der Waals surface area contributed by atoms with Gasteiger partial charge in [-0.3, -0.25) is 0 Å². The third kappa shape index (κ3) is 5.73. The van der Waals surface area contributed by atoms with Crippen LogP contribution in [0.5, 0.6) is 0 Å². The Bertz CT molecular complexity index is 1250. The molecule has 6 nitrogen and oxygen atoms in total. The van der Waals surface area contributed by atoms with Crippen LogP contribution in [0.15, 0.2) is 62.9 Å². The molecule has 3 aromatic rings. The van der Waals surface area contributed by atoms with Gasteiger partial charge in [0.1, 0.15) is 17.2 Å². The van der Waals surface area contributed by atoms with E-state index in [1.165, 1.54) is 12.0 Å². The van der Waals surface area contributed by atoms with Crippen LogP contribution in [0.25, 0.3) is 11.1 Å². The fourth-order valence-corrected chi connectivity index (χ4v) is 5.65. The second kappa shape index (κ2) is 11.2. The molecule has 0 aliphatic heterocycles. The molecule has 34 heavy (non-hydrogen) atoms. The van der Waals surface area contributed by atoms with E-state index in [1.54, 1.807) is 42.9 Å². The molecule has 0 aliphatic carbocycles. The molecule has 0 bridgehead atoms. The maximum Gasteiger partial charge on any atom is 0.284 e. The molecule has 1 atom stereocenters. The molecule has 0 amide bonds. The van der Waals surface area contributed by atoms with Crippen molar-refractivity contribution >= 4 is 28.1 Å². The smallest absolute Gasteiger partial charge is 0.284 e. The first kappa shape index (κ1) is 26.0. The van der Waals surface area contributed by atoms with E-state index in [-0.39, 0.29) is 4.90 Å². The van der Waals surface area contributed by atoms with Gasteiger partial charge in [-0.25, -0.2) is 4.98 Å². The second-order valence-corrected chi connectivity index (χ2v) is 10.9. The van der Waals surface area contributed by atoms with Crippen molar-refractivity contribution in [3.63, 3.8) is 0 Å². The lowest BCUT2D eigenvalue weighted by molar-refractivity contribution is 0.595. The maximum atomic E-state index is 12.8. The summed E-state index contributed by atoms with van der Waals surface area (Å²) in [4.78, 5) is 6.75. The minimum atomic E-state index is -3.81. The van der Waals surface area contributed by atoms with Crippen molar-refractivity contribution in [2.24, 2.45) is 4.40 Å². The first-order valence-electron chi connectivity index (χ1n) is 11.5. The number of thioether (sulfide) groups is 1. The van der Waals surface area contributed by atoms with E-state index >= 15 is 0 Å². The van der Waals surface area contributed by atoms with Crippen LogP contribution >= 0.6 is 11.8 Å². The third-order valence-corrected chi connectivity index (χ3v) is 7.83. The number of sulfonamides is 1. The van der Waals surface area contributed by atoms with Crippen molar-refractivity contribution in [3.8, 4) is 11.1 Å². The van der Waals surface area contributed by atoms with E-state index in [9.17, 15) is 8.42 Å². The molecule has 8 heteroatoms. The lowest BCUT2D eigenvalue weighted by atomic mass is 10.0. The highest BCUT2D eigenvalue weighted by atomic mass is 32.2. The van der Waals surface area contributed by atoms with E-state index in [1.807, 2.05) is 24.3 Å². The monoisotopic (exact) mass is 498 g/mol. The Hall–Kier alpha value is -2.58. The van der Waals surface area contributed by atoms with Crippen molar-refractivity contribution < 1.29 is 8.42 Å². The molecule has 1 aromatic heterocycles. The Balaban J connectivity index is 1.96. The Kier molecular flexibility index (Phi) is 8.60. The van der Waals surface area contributed by atoms with Crippen LogP contribution in [-0.4, -0.2) is 49.6 Å². The summed E-state index contributed by atoms with van der Waals surface area (Å²) < 4.78 is 31.8. The molecule has 182 valence electrons. The van der Waals surface area contributed by atoms with E-state index in [0.717, 1.165) is 41.4 Å². The molecule has 3 rings (SSSR count). The number of benzene rings is 2. The van der Waals surface area contributed by atoms with Gasteiger partial charge in [0.05, 0.1) is 10.6 Å². The fraction of sp³-hybridized carbons (Fsp3) is 0.385. The SMILES string of the molecule is CCc1c(SC)nc(C(C)CC)n1Cc1ccc(-c2ccccc2S(=O)(=O)N=CN(C)C)cc1. The number of aromatic nitrogens is 2. The van der Waals surface area contributed by atoms with Gasteiger partial charge in [-0.05, 0) is 36.3 Å². The average molecular weight is 499 g/mol. The zero-order valence-corrected chi connectivity index (χ0v) is 22.4. The van der Waals surface area contributed by atoms with Gasteiger partial charge in [0.2, 0.25) is 0 Å². The number of hydrogen-bond acceptors (Lipinski definition) is 4. The van der Waals surface area contributed by atoms with Gasteiger partial charge in [-0.2, -0.15) is 8.42 Å². The van der Waals surface area contributed by atoms with Crippen molar-refractivity contribution in [2.75, 3.05) is 20.4 Å². The molecule has 2 aromatic carbocycles. The first-order chi connectivity index (χ1) is 16.2. The van der Waals surface area contributed by atoms with Crippen LogP contribution in [0.1, 0.15) is 50.2 Å². The van der Waals surface area contributed by atoms with Gasteiger partial charge >= 0.3 is 0 Å². The molecular formula is C26H34N4O2S2. The summed E-state index contributed by atoms with van der Waals surface area (Å²) in [6, 6.07) is 15.1. The summed E-state index contributed by atoms with van der Waals surface area (Å²) in [5, 5.41) is 1.10. The molecule has 0 spiro atoms. The summed E-state index contributed by atoms with van der Waals surface area (Å²) in [6.07, 6.45) is 5.35. The Morgan fingerprint density at radius 2 is 1.79 bits per heavy atom. The predicted molar refractivity (Wildman–Crippen MR) is 142 cm³/mol. The largest absolute Gasteiger partial charge is 0.368 e. The molecule has 0 radical (unpaired) electrons. The lowest BCUT2D eigenvalue weighted by Gasteiger charge is -2.16. The molecular weight excluding hydrogens is 464 g/mol. The molecule has 1 heterocycles. The van der Waals surface area contributed by atoms with E-state index in [4.69, 9.17) is 4.98 Å². The van der Waals surface area contributed by atoms with Crippen LogP contribution in [0.2, 0.25) is 0 Å². The van der Waals surface area contributed by atoms with Crippen molar-refractivity contribution in [1.29, 1.82) is 0 Å². The molecule has 0 saturated carbocycles. The summed E-state index contributed by atoms with van der Waals surface area (Å²) in [6.45, 7) is 7.33. The van der Waals surface area contributed by atoms with Gasteiger partial charge in [0.15, 0.2) is 0 Å². The normalized spacial score (nSPS) is 12.9. The van der Waals surface area contributed by atoms with Gasteiger partial charge in [0, 0.05) is 32.1 Å². The van der Waals surface area contributed by atoms with Crippen molar-refractivity contribution in [2.45, 2.75) is 56.0 Å². The topological polar surface area (TPSA) is 67.6 Å². The number of hydrogen-bond donors (Lipinski definition) is 0. The molecule has 0 aliphatic rings. The Labute approximate surface area is 208 Å². The standard InChI is InChI=1S/C26H34N4O2S2/c1-7-19(3)25-28-26(33-6)23(8-2)30(25)17-20-13-15-21(16-14-20)22-11-9-10-12-24(22)34(31,32)27-18-29(4)5/h9-16,18-19H,7-8,17H2,1-6H3. The lowest BCUT2D eigenvalue weighted by Crippen LogP contribution is -2.11. The third-order valence-electron chi connectivity index (χ3n) is 5.83. The molecule has 0 fully saturated rings. The van der Waals surface area contributed by atoms with Crippen molar-refractivity contribution in [3.05, 3.63) is 65.6 Å². The fourth-order valence-electron chi connectivity index (χ4n) is 3.84. The summed E-state index contributed by atoms with van der Waals surface area (Å²) in [5.41, 5.74) is 3.91. The van der Waals surface area contributed by atoms with Crippen LogP contribution in [0.4, 0.5) is 0 Å². The van der Waals surface area contributed by atoms with Gasteiger partial charge in [-0.1, -0.05) is 63.2 Å². The first-order valence-corrected chi connectivity index (χ1v) is 14.2. The number of rotatable bonds is 10. The van der Waals surface area contributed by atoms with Gasteiger partial charge in [0.25, 0.3) is 10.0 Å². The summed E-state index contributed by atoms with van der Waals surface area (Å²) in [5.74, 6) is 1.51. The van der Waals surface area contributed by atoms with E-state index in [2.05, 4.69) is 48.1 Å². The minimum absolute atomic E-state index is 0.201. The Morgan fingerprint density at radius 1 is 1.12 bits per heavy atom. The predicted octanol–water partition coefficient (Wildman–Crippen LogP) is 5.67. The maximum absolute atomic E-state index is 12.8. The van der Waals surface area contributed by atoms with Crippen LogP contribution in [0.3, 0.4) is 0 Å². The van der Waals surface area contributed by atoms with E-state index in [0.29, 0.717) is 11.5 Å². The Morgan fingerprint density at radius 3 is 2.38 bits per heavy atom. The highest BCUT2D eigenvalue weighted by Crippen LogP contribution is 2.31. The average Bonchev–Trinajstić information content (AvgIpc) is 3.20. The van der Waals surface area contributed by atoms with Crippen LogP contribution < -0.4 is 0 Å². The quantitative estimate of drug-likeness (QED) is 0.205. The molecule has 0 N–H and O–H groups in total. The van der Waals surface area contributed by atoms with Crippen molar-refractivity contribution in [1.82, 2.24) is 14.5 Å². The number of nitrogens with zero attached hydrogens (tertiary/aromatic N) is 4. The zero-order chi connectivity index (χ0) is 24.9. The minimum Gasteiger partial charge on any atom is -0.368 e. The van der Waals surface area contributed by atoms with Gasteiger partial charge in [-0.15, -0.1) is 16.2 Å². The second-order valence-electron chi connectivity index (χ2n) is 8.53. The summed E-state index contributed by atoms with van der Waals surface area (Å²) in [7, 11) is -0.329. The molecule has 1 unspecified atom stereocenters. The van der Waals surface area contributed by atoms with E-state index < -0.39 is 10.0 Å². The van der Waals surface area contributed by atoms with Crippen LogP contribution in [0, 0.1) is 0 Å². The highest BCUT2D eigenvalue weighted by molar-refractivity contribution is 7.98. The van der Waals surface area contributed by atoms with Gasteiger partial charge < -0.3 is 9.47 Å². The van der Waals surface area contributed by atoms with Crippen LogP contribution in [-0.2, 0) is 23.0 Å². The molecule has 0 saturated heterocycles. The number of imidazole rings is 1. The zero-order valence-electron chi connectivity index (χ0n) is 20.8. The highest BCUT2D eigenvalue weighted by Gasteiger charge is 2.20.